The third kappa shape index (κ3) is 6.56. The number of hydrogen-bond donors (Lipinski definition) is 3. The number of nitrogens with one attached hydrogen (secondary N) is 1. The van der Waals surface area contributed by atoms with E-state index in [1.165, 1.54) is 0 Å². The van der Waals surface area contributed by atoms with Crippen LogP contribution in [0.3, 0.4) is 0 Å². The van der Waals surface area contributed by atoms with E-state index in [0.717, 1.165) is 34.2 Å². The largest absolute Gasteiger partial charge is 0.397 e. The molecule has 0 saturated heterocycles. The maximum atomic E-state index is 12.9. The standard InChI is InChI=1S/C29H29N5O/c30-28(25-9-6-17-32-20-25)21-34(31)18-16-22-12-14-23(15-13-22)19-33-29(35)27-11-5-4-10-26(27)24-7-2-1-3-8-24/h1-15,17,20-21H,16,18-19,30-31H2,(H,33,35)/b28-21-. The predicted octanol–water partition coefficient (Wildman–Crippen LogP) is 4.35. The van der Waals surface area contributed by atoms with E-state index in [2.05, 4.69) is 22.4 Å². The van der Waals surface area contributed by atoms with Crippen LogP contribution < -0.4 is 16.9 Å². The fourth-order valence-corrected chi connectivity index (χ4v) is 3.76. The van der Waals surface area contributed by atoms with Crippen molar-refractivity contribution in [2.75, 3.05) is 6.54 Å². The SMILES string of the molecule is N/C(=C\N(N)CCc1ccc(CNC(=O)c2ccccc2-c2ccccc2)cc1)c1cccnc1. The highest BCUT2D eigenvalue weighted by molar-refractivity contribution is 6.00. The van der Waals surface area contributed by atoms with Gasteiger partial charge in [-0.3, -0.25) is 9.78 Å². The molecule has 4 aromatic rings. The average molecular weight is 464 g/mol. The molecule has 0 bridgehead atoms. The lowest BCUT2D eigenvalue weighted by Crippen LogP contribution is -2.28. The third-order valence-electron chi connectivity index (χ3n) is 5.69. The van der Waals surface area contributed by atoms with E-state index in [1.54, 1.807) is 23.6 Å². The Morgan fingerprint density at radius 2 is 1.60 bits per heavy atom. The molecule has 4 rings (SSSR count). The van der Waals surface area contributed by atoms with Crippen molar-refractivity contribution in [1.82, 2.24) is 15.3 Å². The van der Waals surface area contributed by atoms with E-state index in [-0.39, 0.29) is 5.91 Å². The summed E-state index contributed by atoms with van der Waals surface area (Å²) in [7, 11) is 0. The second-order valence-corrected chi connectivity index (χ2v) is 8.22. The van der Waals surface area contributed by atoms with Gasteiger partial charge in [0.25, 0.3) is 5.91 Å². The Labute approximate surface area is 205 Å². The number of benzene rings is 3. The van der Waals surface area contributed by atoms with E-state index in [0.29, 0.717) is 24.4 Å². The second-order valence-electron chi connectivity index (χ2n) is 8.22. The van der Waals surface area contributed by atoms with Gasteiger partial charge < -0.3 is 16.1 Å². The first-order chi connectivity index (χ1) is 17.1. The number of nitrogens with zero attached hydrogens (tertiary/aromatic N) is 2. The van der Waals surface area contributed by atoms with Gasteiger partial charge in [-0.15, -0.1) is 0 Å². The van der Waals surface area contributed by atoms with Gasteiger partial charge in [-0.1, -0.05) is 72.8 Å². The topological polar surface area (TPSA) is 97.3 Å². The molecule has 5 N–H and O–H groups in total. The van der Waals surface area contributed by atoms with Gasteiger partial charge in [-0.25, -0.2) is 5.84 Å². The number of amides is 1. The van der Waals surface area contributed by atoms with Crippen LogP contribution >= 0.6 is 0 Å². The summed E-state index contributed by atoms with van der Waals surface area (Å²) in [6, 6.07) is 29.5. The van der Waals surface area contributed by atoms with E-state index < -0.39 is 0 Å². The molecule has 0 atom stereocenters. The second kappa shape index (κ2) is 11.6. The minimum atomic E-state index is -0.0923. The Kier molecular flexibility index (Phi) is 7.88. The molecular formula is C29H29N5O. The molecule has 6 nitrogen and oxygen atoms in total. The molecule has 176 valence electrons. The van der Waals surface area contributed by atoms with Gasteiger partial charge in [-0.2, -0.15) is 0 Å². The van der Waals surface area contributed by atoms with Crippen LogP contribution in [0, 0.1) is 0 Å². The van der Waals surface area contributed by atoms with Gasteiger partial charge in [0.05, 0.1) is 5.70 Å². The van der Waals surface area contributed by atoms with Gasteiger partial charge in [-0.05, 0) is 46.9 Å². The van der Waals surface area contributed by atoms with Crippen LogP contribution in [-0.4, -0.2) is 22.4 Å². The summed E-state index contributed by atoms with van der Waals surface area (Å²) >= 11 is 0. The summed E-state index contributed by atoms with van der Waals surface area (Å²) in [6.07, 6.45) is 5.89. The number of hydrazine groups is 1. The van der Waals surface area contributed by atoms with Crippen molar-refractivity contribution in [3.05, 3.63) is 132 Å². The highest BCUT2D eigenvalue weighted by Gasteiger charge is 2.12. The van der Waals surface area contributed by atoms with Crippen molar-refractivity contribution in [3.8, 4) is 11.1 Å². The number of carbonyl (C=O) groups is 1. The summed E-state index contributed by atoms with van der Waals surface area (Å²) in [5.74, 6) is 6.00. The Hall–Kier alpha value is -4.42. The van der Waals surface area contributed by atoms with Gasteiger partial charge in [0, 0.05) is 42.8 Å². The van der Waals surface area contributed by atoms with Crippen LogP contribution in [0.4, 0.5) is 0 Å². The zero-order valence-electron chi connectivity index (χ0n) is 19.5. The summed E-state index contributed by atoms with van der Waals surface area (Å²) in [5.41, 5.74) is 12.3. The van der Waals surface area contributed by atoms with Crippen molar-refractivity contribution in [1.29, 1.82) is 0 Å². The molecule has 0 unspecified atom stereocenters. The van der Waals surface area contributed by atoms with Gasteiger partial charge in [0.1, 0.15) is 0 Å². The van der Waals surface area contributed by atoms with E-state index in [9.17, 15) is 4.79 Å². The lowest BCUT2D eigenvalue weighted by molar-refractivity contribution is 0.0951. The molecule has 1 amide bonds. The van der Waals surface area contributed by atoms with Crippen molar-refractivity contribution in [2.24, 2.45) is 11.6 Å². The summed E-state index contributed by atoms with van der Waals surface area (Å²) in [4.78, 5) is 17.0. The zero-order chi connectivity index (χ0) is 24.5. The van der Waals surface area contributed by atoms with Crippen molar-refractivity contribution >= 4 is 11.6 Å². The molecular weight excluding hydrogens is 434 g/mol. The van der Waals surface area contributed by atoms with Gasteiger partial charge in [0.2, 0.25) is 0 Å². The van der Waals surface area contributed by atoms with E-state index in [1.807, 2.05) is 78.9 Å². The van der Waals surface area contributed by atoms with Crippen LogP contribution in [0.2, 0.25) is 0 Å². The Morgan fingerprint density at radius 1 is 0.886 bits per heavy atom. The maximum absolute atomic E-state index is 12.9. The molecule has 0 aliphatic heterocycles. The molecule has 0 aliphatic carbocycles. The summed E-state index contributed by atoms with van der Waals surface area (Å²) in [5, 5.41) is 4.62. The molecule has 3 aromatic carbocycles. The van der Waals surface area contributed by atoms with Crippen molar-refractivity contribution < 1.29 is 4.79 Å². The van der Waals surface area contributed by atoms with Gasteiger partial charge in [0.15, 0.2) is 0 Å². The molecule has 35 heavy (non-hydrogen) atoms. The van der Waals surface area contributed by atoms with Crippen LogP contribution in [-0.2, 0) is 13.0 Å². The zero-order valence-corrected chi connectivity index (χ0v) is 19.5. The normalized spacial score (nSPS) is 11.2. The fraction of sp³-hybridized carbons (Fsp3) is 0.103. The number of carbonyl (C=O) groups excluding carboxylic acids is 1. The average Bonchev–Trinajstić information content (AvgIpc) is 2.92. The first kappa shape index (κ1) is 23.7. The lowest BCUT2D eigenvalue weighted by atomic mass is 9.99. The number of aromatic nitrogens is 1. The van der Waals surface area contributed by atoms with Gasteiger partial charge >= 0.3 is 0 Å². The van der Waals surface area contributed by atoms with E-state index >= 15 is 0 Å². The van der Waals surface area contributed by atoms with E-state index in [4.69, 9.17) is 11.6 Å². The smallest absolute Gasteiger partial charge is 0.252 e. The quantitative estimate of drug-likeness (QED) is 0.253. The highest BCUT2D eigenvalue weighted by atomic mass is 16.1. The first-order valence-corrected chi connectivity index (χ1v) is 11.5. The Bertz CT molecular complexity index is 1270. The van der Waals surface area contributed by atoms with Crippen molar-refractivity contribution in [3.63, 3.8) is 0 Å². The van der Waals surface area contributed by atoms with Crippen LogP contribution in [0.15, 0.2) is 110 Å². The monoisotopic (exact) mass is 463 g/mol. The highest BCUT2D eigenvalue weighted by Crippen LogP contribution is 2.23. The molecule has 0 spiro atoms. The first-order valence-electron chi connectivity index (χ1n) is 11.5. The molecule has 0 radical (unpaired) electrons. The number of nitrogens with two attached hydrogens (primary N) is 2. The third-order valence-corrected chi connectivity index (χ3v) is 5.69. The minimum Gasteiger partial charge on any atom is -0.397 e. The molecule has 6 heteroatoms. The lowest BCUT2D eigenvalue weighted by Gasteiger charge is -2.15. The maximum Gasteiger partial charge on any atom is 0.252 e. The Balaban J connectivity index is 1.30. The number of pyridine rings is 1. The molecule has 1 aromatic heterocycles. The molecule has 0 aliphatic rings. The summed E-state index contributed by atoms with van der Waals surface area (Å²) < 4.78 is 0. The fourth-order valence-electron chi connectivity index (χ4n) is 3.76. The minimum absolute atomic E-state index is 0.0923. The predicted molar refractivity (Wildman–Crippen MR) is 140 cm³/mol. The number of hydrogen-bond acceptors (Lipinski definition) is 5. The van der Waals surface area contributed by atoms with Crippen molar-refractivity contribution in [2.45, 2.75) is 13.0 Å². The molecule has 0 saturated carbocycles. The van der Waals surface area contributed by atoms with Crippen LogP contribution in [0.5, 0.6) is 0 Å². The molecule has 0 fully saturated rings. The summed E-state index contributed by atoms with van der Waals surface area (Å²) in [6.45, 7) is 1.07. The Morgan fingerprint density at radius 3 is 2.34 bits per heavy atom. The van der Waals surface area contributed by atoms with Crippen LogP contribution in [0.25, 0.3) is 16.8 Å². The van der Waals surface area contributed by atoms with Crippen LogP contribution in [0.1, 0.15) is 27.0 Å². The number of rotatable bonds is 9. The molecule has 1 heterocycles.